The number of halogens is 9. The van der Waals surface area contributed by atoms with Crippen LogP contribution in [-0.2, 0) is 30.2 Å². The summed E-state index contributed by atoms with van der Waals surface area (Å²) in [6.07, 6.45) is 2.51. The summed E-state index contributed by atoms with van der Waals surface area (Å²) >= 11 is 0. The molecule has 1 saturated heterocycles. The van der Waals surface area contributed by atoms with Crippen LogP contribution in [0.3, 0.4) is 0 Å². The molecule has 0 spiro atoms. The molecule has 2 rings (SSSR count). The zero-order valence-corrected chi connectivity index (χ0v) is 19.7. The van der Waals surface area contributed by atoms with E-state index in [-0.39, 0.29) is 0 Å². The number of piperidine rings is 1. The van der Waals surface area contributed by atoms with Crippen LogP contribution >= 0.6 is 0 Å². The lowest BCUT2D eigenvalue weighted by molar-refractivity contribution is -0.245. The molecule has 0 amide bonds. The molecule has 0 unspecified atom stereocenters. The first-order valence-corrected chi connectivity index (χ1v) is 13.5. The van der Waals surface area contributed by atoms with Gasteiger partial charge in [0.1, 0.15) is 5.75 Å². The molecule has 1 fully saturated rings. The molecule has 21 heteroatoms. The fourth-order valence-electron chi connectivity index (χ4n) is 2.75. The maximum absolute atomic E-state index is 14.1. The van der Waals surface area contributed by atoms with Crippen LogP contribution in [0.4, 0.5) is 45.2 Å². The Balaban J connectivity index is 2.36. The second-order valence-electron chi connectivity index (χ2n) is 7.16. The van der Waals surface area contributed by atoms with E-state index >= 15 is 0 Å². The average molecular weight is 601 g/mol. The molecule has 0 bridgehead atoms. The molecular formula is C15H14F9N2O7S3-. The number of benzene rings is 1. The van der Waals surface area contributed by atoms with E-state index in [1.807, 2.05) is 0 Å². The second-order valence-corrected chi connectivity index (χ2v) is 12.2. The van der Waals surface area contributed by atoms with Crippen molar-refractivity contribution in [1.29, 1.82) is 0 Å². The smallest absolute Gasteiger partial charge is 0.423 e. The summed E-state index contributed by atoms with van der Waals surface area (Å²) in [6.45, 7) is 1.14. The predicted octanol–water partition coefficient (Wildman–Crippen LogP) is 3.76. The highest BCUT2D eigenvalue weighted by atomic mass is 32.3. The highest BCUT2D eigenvalue weighted by molar-refractivity contribution is 8.13. The first-order valence-electron chi connectivity index (χ1n) is 9.23. The van der Waals surface area contributed by atoms with E-state index in [1.165, 1.54) is 0 Å². The number of rotatable bonds is 9. The summed E-state index contributed by atoms with van der Waals surface area (Å²) in [4.78, 5) is 1.79. The summed E-state index contributed by atoms with van der Waals surface area (Å²) in [5.41, 5.74) is -6.27. The summed E-state index contributed by atoms with van der Waals surface area (Å²) < 4.78 is 192. The number of hydrogen-bond donors (Lipinski definition) is 0. The summed E-state index contributed by atoms with van der Waals surface area (Å²) in [7, 11) is -22.6. The van der Waals surface area contributed by atoms with E-state index < -0.39 is 57.9 Å². The summed E-state index contributed by atoms with van der Waals surface area (Å²) in [6, 6.07) is 3.62. The highest BCUT2D eigenvalue weighted by Gasteiger charge is 2.81. The first-order chi connectivity index (χ1) is 16.0. The van der Waals surface area contributed by atoms with Crippen LogP contribution in [0.2, 0.25) is 0 Å². The molecule has 0 saturated carbocycles. The SMILES string of the molecule is O=S(=O)([N-]S(=O)(=O)C(F)(F)C(F)(F)C(F)(F)S(=O)(=O)Oc1ccc(N2CCCCC2)cc1)C(F)(F)F. The fraction of sp³-hybridized carbons (Fsp3) is 0.600. The van der Waals surface area contributed by atoms with E-state index in [2.05, 4.69) is 4.18 Å². The van der Waals surface area contributed by atoms with Gasteiger partial charge in [-0.3, -0.25) is 0 Å². The largest absolute Gasteiger partial charge is 0.480 e. The van der Waals surface area contributed by atoms with Gasteiger partial charge in [-0.05, 0) is 43.5 Å². The van der Waals surface area contributed by atoms with Gasteiger partial charge in [0.15, 0.2) is 20.0 Å². The molecule has 9 nitrogen and oxygen atoms in total. The van der Waals surface area contributed by atoms with Gasteiger partial charge in [-0.15, -0.1) is 0 Å². The number of sulfonamides is 2. The minimum Gasteiger partial charge on any atom is -0.423 e. The number of anilines is 1. The Morgan fingerprint density at radius 2 is 1.17 bits per heavy atom. The van der Waals surface area contributed by atoms with Gasteiger partial charge in [0.05, 0.1) is 0 Å². The summed E-state index contributed by atoms with van der Waals surface area (Å²) in [5, 5.41) is -14.6. The molecule has 0 atom stereocenters. The summed E-state index contributed by atoms with van der Waals surface area (Å²) in [5.74, 6) is -8.67. The van der Waals surface area contributed by atoms with Crippen LogP contribution in [0.1, 0.15) is 19.3 Å². The third kappa shape index (κ3) is 5.32. The molecule has 0 radical (unpaired) electrons. The quantitative estimate of drug-likeness (QED) is 0.309. The fourth-order valence-corrected chi connectivity index (χ4v) is 5.92. The third-order valence-corrected chi connectivity index (χ3v) is 8.98. The molecule has 36 heavy (non-hydrogen) atoms. The Hall–Kier alpha value is -2.00. The minimum absolute atomic E-state index is 0.432. The van der Waals surface area contributed by atoms with Gasteiger partial charge in [0.2, 0.25) is 0 Å². The maximum Gasteiger partial charge on any atom is 0.480 e. The van der Waals surface area contributed by atoms with Crippen molar-refractivity contribution in [3.8, 4) is 5.75 Å². The van der Waals surface area contributed by atoms with Crippen LogP contribution in [-0.4, -0.2) is 60.3 Å². The third-order valence-electron chi connectivity index (χ3n) is 4.62. The van der Waals surface area contributed by atoms with Gasteiger partial charge in [-0.25, -0.2) is 16.8 Å². The van der Waals surface area contributed by atoms with Crippen LogP contribution in [0.5, 0.6) is 5.75 Å². The Labute approximate surface area is 198 Å². The number of alkyl halides is 9. The molecule has 1 aromatic rings. The van der Waals surface area contributed by atoms with Crippen molar-refractivity contribution >= 4 is 35.9 Å². The topological polar surface area (TPSA) is 129 Å². The molecule has 0 aliphatic carbocycles. The van der Waals surface area contributed by atoms with Crippen molar-refractivity contribution in [2.75, 3.05) is 18.0 Å². The lowest BCUT2D eigenvalue weighted by Gasteiger charge is -2.35. The minimum atomic E-state index is -7.96. The van der Waals surface area contributed by atoms with Crippen LogP contribution in [0, 0.1) is 0 Å². The molecule has 208 valence electrons. The maximum atomic E-state index is 14.1. The lowest BCUT2D eigenvalue weighted by atomic mass is 10.1. The lowest BCUT2D eigenvalue weighted by Crippen LogP contribution is -2.61. The van der Waals surface area contributed by atoms with Gasteiger partial charge < -0.3 is 13.2 Å². The van der Waals surface area contributed by atoms with Crippen LogP contribution in [0.25, 0.3) is 4.13 Å². The Morgan fingerprint density at radius 1 is 0.694 bits per heavy atom. The molecule has 0 aromatic heterocycles. The molecule has 1 aliphatic heterocycles. The van der Waals surface area contributed by atoms with Crippen molar-refractivity contribution in [3.05, 3.63) is 28.4 Å². The van der Waals surface area contributed by atoms with Gasteiger partial charge in [-0.1, -0.05) is 0 Å². The molecule has 1 aliphatic rings. The Bertz CT molecular complexity index is 1270. The van der Waals surface area contributed by atoms with E-state index in [0.29, 0.717) is 35.0 Å². The zero-order valence-electron chi connectivity index (χ0n) is 17.2. The number of nitrogens with zero attached hydrogens (tertiary/aromatic N) is 2. The molecule has 1 heterocycles. The van der Waals surface area contributed by atoms with Crippen molar-refractivity contribution in [3.63, 3.8) is 0 Å². The van der Waals surface area contributed by atoms with Gasteiger partial charge in [-0.2, -0.15) is 47.9 Å². The number of hydrogen-bond acceptors (Lipinski definition) is 8. The van der Waals surface area contributed by atoms with E-state index in [4.69, 9.17) is 0 Å². The Morgan fingerprint density at radius 3 is 1.61 bits per heavy atom. The second kappa shape index (κ2) is 9.39. The van der Waals surface area contributed by atoms with Crippen LogP contribution < -0.4 is 9.08 Å². The van der Waals surface area contributed by atoms with Gasteiger partial charge in [0, 0.05) is 18.8 Å². The first kappa shape index (κ1) is 30.2. The molecular weight excluding hydrogens is 587 g/mol. The zero-order chi connectivity index (χ0) is 28.0. The van der Waals surface area contributed by atoms with Crippen molar-refractivity contribution in [1.82, 2.24) is 0 Å². The average Bonchev–Trinajstić information content (AvgIpc) is 2.72. The standard InChI is InChI=1S/C15H14F9N2O7S3/c16-12(17,13(18,19)34(27,28)25-35(29,30)15(22,23)24)14(20,21)36(31,32)33-11-6-4-10(5-7-11)26-8-2-1-3-9-26/h4-7H,1-3,8-9H2/q-1. The highest BCUT2D eigenvalue weighted by Crippen LogP contribution is 2.53. The van der Waals surface area contributed by atoms with E-state index in [9.17, 15) is 64.8 Å². The van der Waals surface area contributed by atoms with Crippen LogP contribution in [0.15, 0.2) is 24.3 Å². The van der Waals surface area contributed by atoms with E-state index in [1.54, 1.807) is 4.90 Å². The van der Waals surface area contributed by atoms with E-state index in [0.717, 1.165) is 31.4 Å². The Kier molecular flexibility index (Phi) is 7.88. The van der Waals surface area contributed by atoms with Gasteiger partial charge in [0.25, 0.3) is 0 Å². The monoisotopic (exact) mass is 601 g/mol. The molecule has 0 N–H and O–H groups in total. The van der Waals surface area contributed by atoms with Gasteiger partial charge >= 0.3 is 32.1 Å². The normalized spacial score (nSPS) is 17.2. The van der Waals surface area contributed by atoms with Crippen molar-refractivity contribution in [2.45, 2.75) is 41.2 Å². The van der Waals surface area contributed by atoms with Crippen molar-refractivity contribution < 1.29 is 69.0 Å². The van der Waals surface area contributed by atoms with Crippen molar-refractivity contribution in [2.24, 2.45) is 0 Å². The predicted molar refractivity (Wildman–Crippen MR) is 104 cm³/mol. The molecule has 1 aromatic carbocycles.